The van der Waals surface area contributed by atoms with Gasteiger partial charge in [0.2, 0.25) is 0 Å². The normalized spacial score (nSPS) is 11.1. The molecule has 4 heteroatoms. The Bertz CT molecular complexity index is 295. The minimum absolute atomic E-state index is 0.538. The van der Waals surface area contributed by atoms with Crippen LogP contribution in [0.1, 0.15) is 13.8 Å². The molecule has 3 nitrogen and oxygen atoms in total. The van der Waals surface area contributed by atoms with Crippen molar-refractivity contribution < 1.29 is 0 Å². The second-order valence-corrected chi connectivity index (χ2v) is 4.02. The van der Waals surface area contributed by atoms with E-state index >= 15 is 0 Å². The summed E-state index contributed by atoms with van der Waals surface area (Å²) in [6.45, 7) is 3.66. The summed E-state index contributed by atoms with van der Waals surface area (Å²) in [5.74, 6) is 0. The molecule has 0 aliphatic rings. The Morgan fingerprint density at radius 2 is 2.36 bits per heavy atom. The standard InChI is InChI=1S/C7H8IN3/c1-7(2,5-9)11-4-6(8)3-10-11/h3-4H,1-2H3. The molecule has 0 saturated carbocycles. The zero-order valence-electron chi connectivity index (χ0n) is 6.37. The second kappa shape index (κ2) is 2.81. The first-order valence-electron chi connectivity index (χ1n) is 3.18. The van der Waals surface area contributed by atoms with E-state index in [2.05, 4.69) is 33.8 Å². The van der Waals surface area contributed by atoms with E-state index in [4.69, 9.17) is 5.26 Å². The Kier molecular flexibility index (Phi) is 2.18. The number of nitriles is 1. The van der Waals surface area contributed by atoms with Crippen LogP contribution in [-0.4, -0.2) is 9.78 Å². The number of aromatic nitrogens is 2. The maximum absolute atomic E-state index is 8.74. The van der Waals surface area contributed by atoms with Crippen LogP contribution < -0.4 is 0 Å². The molecule has 0 aliphatic heterocycles. The van der Waals surface area contributed by atoms with Gasteiger partial charge in [-0.1, -0.05) is 0 Å². The Morgan fingerprint density at radius 1 is 1.73 bits per heavy atom. The van der Waals surface area contributed by atoms with Crippen molar-refractivity contribution >= 4 is 22.6 Å². The largest absolute Gasteiger partial charge is 0.252 e. The molecule has 0 aliphatic carbocycles. The van der Waals surface area contributed by atoms with Gasteiger partial charge in [0.25, 0.3) is 0 Å². The van der Waals surface area contributed by atoms with Crippen LogP contribution in [-0.2, 0) is 5.54 Å². The van der Waals surface area contributed by atoms with Gasteiger partial charge in [0.15, 0.2) is 0 Å². The van der Waals surface area contributed by atoms with Gasteiger partial charge in [-0.2, -0.15) is 10.4 Å². The van der Waals surface area contributed by atoms with Gasteiger partial charge in [-0.25, -0.2) is 0 Å². The lowest BCUT2D eigenvalue weighted by Gasteiger charge is -2.14. The predicted molar refractivity (Wildman–Crippen MR) is 49.9 cm³/mol. The highest BCUT2D eigenvalue weighted by Crippen LogP contribution is 2.13. The molecule has 0 saturated heterocycles. The molecule has 0 amide bonds. The van der Waals surface area contributed by atoms with Crippen molar-refractivity contribution in [2.45, 2.75) is 19.4 Å². The van der Waals surface area contributed by atoms with Gasteiger partial charge in [0.1, 0.15) is 5.54 Å². The summed E-state index contributed by atoms with van der Waals surface area (Å²) in [5, 5.41) is 12.8. The van der Waals surface area contributed by atoms with Crippen LogP contribution in [0.25, 0.3) is 0 Å². The third-order valence-corrected chi connectivity index (χ3v) is 1.95. The number of hydrogen-bond donors (Lipinski definition) is 0. The number of halogens is 1. The maximum Gasteiger partial charge on any atom is 0.143 e. The summed E-state index contributed by atoms with van der Waals surface area (Å²) >= 11 is 2.16. The quantitative estimate of drug-likeness (QED) is 0.722. The average Bonchev–Trinajstić information content (AvgIpc) is 2.36. The molecule has 1 heterocycles. The summed E-state index contributed by atoms with van der Waals surface area (Å²) < 4.78 is 2.71. The summed E-state index contributed by atoms with van der Waals surface area (Å²) in [5.41, 5.74) is -0.538. The molecule has 0 fully saturated rings. The van der Waals surface area contributed by atoms with Gasteiger partial charge in [0.05, 0.1) is 15.8 Å². The highest BCUT2D eigenvalue weighted by Gasteiger charge is 2.19. The molecule has 11 heavy (non-hydrogen) atoms. The van der Waals surface area contributed by atoms with E-state index in [-0.39, 0.29) is 0 Å². The van der Waals surface area contributed by atoms with E-state index in [0.29, 0.717) is 0 Å². The van der Waals surface area contributed by atoms with Crippen LogP contribution in [0.4, 0.5) is 0 Å². The molecule has 0 aromatic carbocycles. The SMILES string of the molecule is CC(C)(C#N)n1cc(I)cn1. The first-order valence-corrected chi connectivity index (χ1v) is 4.26. The van der Waals surface area contributed by atoms with E-state index in [9.17, 15) is 0 Å². The van der Waals surface area contributed by atoms with Crippen molar-refractivity contribution in [1.82, 2.24) is 9.78 Å². The number of nitrogens with zero attached hydrogens (tertiary/aromatic N) is 3. The molecular weight excluding hydrogens is 253 g/mol. The first-order chi connectivity index (χ1) is 5.06. The van der Waals surface area contributed by atoms with Gasteiger partial charge >= 0.3 is 0 Å². The van der Waals surface area contributed by atoms with E-state index in [0.717, 1.165) is 3.57 Å². The van der Waals surface area contributed by atoms with Gasteiger partial charge in [-0.15, -0.1) is 0 Å². The fourth-order valence-corrected chi connectivity index (χ4v) is 1.05. The van der Waals surface area contributed by atoms with Gasteiger partial charge in [-0.05, 0) is 36.4 Å². The fraction of sp³-hybridized carbons (Fsp3) is 0.429. The van der Waals surface area contributed by atoms with Gasteiger partial charge in [0, 0.05) is 6.20 Å². The van der Waals surface area contributed by atoms with Crippen LogP contribution in [0.5, 0.6) is 0 Å². The molecule has 58 valence electrons. The maximum atomic E-state index is 8.74. The van der Waals surface area contributed by atoms with Gasteiger partial charge < -0.3 is 0 Å². The fourth-order valence-electron chi connectivity index (χ4n) is 0.658. The second-order valence-electron chi connectivity index (χ2n) is 2.77. The van der Waals surface area contributed by atoms with Crippen LogP contribution in [0, 0.1) is 14.9 Å². The minimum atomic E-state index is -0.538. The molecule has 0 atom stereocenters. The first kappa shape index (κ1) is 8.53. The molecule has 0 N–H and O–H groups in total. The smallest absolute Gasteiger partial charge is 0.143 e. The highest BCUT2D eigenvalue weighted by atomic mass is 127. The summed E-state index contributed by atoms with van der Waals surface area (Å²) in [7, 11) is 0. The summed E-state index contributed by atoms with van der Waals surface area (Å²) in [6, 6.07) is 2.17. The van der Waals surface area contributed by atoms with E-state index < -0.39 is 5.54 Å². The Labute approximate surface area is 79.2 Å². The molecule has 1 rings (SSSR count). The van der Waals surface area contributed by atoms with E-state index in [1.807, 2.05) is 20.0 Å². The van der Waals surface area contributed by atoms with Crippen LogP contribution in [0.15, 0.2) is 12.4 Å². The zero-order chi connectivity index (χ0) is 8.48. The van der Waals surface area contributed by atoms with Crippen molar-refractivity contribution in [3.63, 3.8) is 0 Å². The van der Waals surface area contributed by atoms with Crippen LogP contribution in [0.3, 0.4) is 0 Å². The third-order valence-electron chi connectivity index (χ3n) is 1.40. The lowest BCUT2D eigenvalue weighted by molar-refractivity contribution is 0.418. The average molecular weight is 261 g/mol. The Morgan fingerprint density at radius 3 is 2.73 bits per heavy atom. The van der Waals surface area contributed by atoms with E-state index in [1.165, 1.54) is 0 Å². The highest BCUT2D eigenvalue weighted by molar-refractivity contribution is 14.1. The Hall–Kier alpha value is -0.570. The molecule has 1 aromatic heterocycles. The van der Waals surface area contributed by atoms with Crippen LogP contribution >= 0.6 is 22.6 Å². The van der Waals surface area contributed by atoms with Crippen molar-refractivity contribution in [1.29, 1.82) is 5.26 Å². The third kappa shape index (κ3) is 1.71. The molecule has 0 unspecified atom stereocenters. The lowest BCUT2D eigenvalue weighted by atomic mass is 10.1. The van der Waals surface area contributed by atoms with E-state index in [1.54, 1.807) is 10.9 Å². The molecule has 1 aromatic rings. The van der Waals surface area contributed by atoms with Crippen molar-refractivity contribution in [3.05, 3.63) is 16.0 Å². The summed E-state index contributed by atoms with van der Waals surface area (Å²) in [6.07, 6.45) is 3.59. The van der Waals surface area contributed by atoms with Crippen molar-refractivity contribution in [2.75, 3.05) is 0 Å². The molecule has 0 radical (unpaired) electrons. The van der Waals surface area contributed by atoms with Crippen molar-refractivity contribution in [2.24, 2.45) is 0 Å². The monoisotopic (exact) mass is 261 g/mol. The minimum Gasteiger partial charge on any atom is -0.252 e. The molecular formula is C7H8IN3. The molecule has 0 spiro atoms. The summed E-state index contributed by atoms with van der Waals surface area (Å²) in [4.78, 5) is 0. The topological polar surface area (TPSA) is 41.6 Å². The zero-order valence-corrected chi connectivity index (χ0v) is 8.53. The van der Waals surface area contributed by atoms with Gasteiger partial charge in [-0.3, -0.25) is 4.68 Å². The number of hydrogen-bond acceptors (Lipinski definition) is 2. The number of rotatable bonds is 1. The lowest BCUT2D eigenvalue weighted by Crippen LogP contribution is -2.24. The van der Waals surface area contributed by atoms with Crippen LogP contribution in [0.2, 0.25) is 0 Å². The van der Waals surface area contributed by atoms with Crippen molar-refractivity contribution in [3.8, 4) is 6.07 Å². The predicted octanol–water partition coefficient (Wildman–Crippen LogP) is 1.75. The Balaban J connectivity index is 3.04. The molecule has 0 bridgehead atoms.